The number of ketones is 1. The van der Waals surface area contributed by atoms with Crippen LogP contribution in [0.15, 0.2) is 40.6 Å². The van der Waals surface area contributed by atoms with Crippen LogP contribution in [0.1, 0.15) is 17.3 Å². The largest absolute Gasteiger partial charge is 0.496 e. The van der Waals surface area contributed by atoms with Gasteiger partial charge in [-0.15, -0.1) is 0 Å². The summed E-state index contributed by atoms with van der Waals surface area (Å²) < 4.78 is 5.18. The number of hydrogen-bond donors (Lipinski definition) is 0. The maximum atomic E-state index is 12.2. The summed E-state index contributed by atoms with van der Waals surface area (Å²) in [4.78, 5) is 12.2. The third-order valence-corrected chi connectivity index (χ3v) is 2.32. The van der Waals surface area contributed by atoms with E-state index in [2.05, 4.69) is 30.2 Å². The Labute approximate surface area is 106 Å². The van der Waals surface area contributed by atoms with Gasteiger partial charge in [0.25, 0.3) is 0 Å². The third kappa shape index (κ3) is 2.45. The lowest BCUT2D eigenvalue weighted by Crippen LogP contribution is -2.13. The van der Waals surface area contributed by atoms with E-state index in [1.165, 1.54) is 12.2 Å². The molecule has 5 heteroatoms. The number of methoxy groups -OCH3 is 1. The number of benzene rings is 1. The van der Waals surface area contributed by atoms with Crippen molar-refractivity contribution in [3.8, 4) is 5.75 Å². The lowest BCUT2D eigenvalue weighted by Gasteiger charge is -2.17. The monoisotopic (exact) mass is 245 g/mol. The zero-order valence-corrected chi connectivity index (χ0v) is 10.5. The molecule has 18 heavy (non-hydrogen) atoms. The molecule has 0 N–H and O–H groups in total. The molecule has 1 aromatic rings. The molecule has 1 rings (SSSR count). The summed E-state index contributed by atoms with van der Waals surface area (Å²) in [5.74, 6) is 0.192. The minimum Gasteiger partial charge on any atom is -0.496 e. The van der Waals surface area contributed by atoms with Crippen molar-refractivity contribution in [1.29, 1.82) is 0 Å². The molecule has 0 aliphatic heterocycles. The average molecular weight is 245 g/mol. The molecular weight excluding hydrogens is 230 g/mol. The topological polar surface area (TPSA) is 54.3 Å². The molecule has 5 nitrogen and oxygen atoms in total. The Kier molecular flexibility index (Phi) is 4.37. The van der Waals surface area contributed by atoms with Crippen LogP contribution in [0.4, 0.5) is 5.69 Å². The van der Waals surface area contributed by atoms with Crippen molar-refractivity contribution in [3.05, 3.63) is 35.9 Å². The number of anilines is 1. The predicted molar refractivity (Wildman–Crippen MR) is 73.7 cm³/mol. The van der Waals surface area contributed by atoms with Crippen LogP contribution in [-0.4, -0.2) is 26.3 Å². The Morgan fingerprint density at radius 1 is 1.33 bits per heavy atom. The molecule has 94 valence electrons. The molecule has 0 radical (unpaired) electrons. The summed E-state index contributed by atoms with van der Waals surface area (Å²) in [6.07, 6.45) is 0. The van der Waals surface area contributed by atoms with Gasteiger partial charge in [0.1, 0.15) is 11.4 Å². The summed E-state index contributed by atoms with van der Waals surface area (Å²) in [5, 5.41) is 8.51. The van der Waals surface area contributed by atoms with Gasteiger partial charge in [0.15, 0.2) is 5.78 Å². The second-order valence-electron chi connectivity index (χ2n) is 3.54. The van der Waals surface area contributed by atoms with Gasteiger partial charge in [0, 0.05) is 13.4 Å². The van der Waals surface area contributed by atoms with Gasteiger partial charge in [-0.2, -0.15) is 15.3 Å². The van der Waals surface area contributed by atoms with E-state index in [4.69, 9.17) is 4.74 Å². The van der Waals surface area contributed by atoms with Crippen LogP contribution in [0, 0.1) is 0 Å². The van der Waals surface area contributed by atoms with Gasteiger partial charge in [-0.1, -0.05) is 12.6 Å². The van der Waals surface area contributed by atoms with E-state index < -0.39 is 0 Å². The van der Waals surface area contributed by atoms with Crippen LogP contribution in [-0.2, 0) is 0 Å². The average Bonchev–Trinajstić information content (AvgIpc) is 2.38. The first kappa shape index (κ1) is 13.6. The van der Waals surface area contributed by atoms with Crippen LogP contribution >= 0.6 is 0 Å². The SMILES string of the molecule is C=NN(N=C)c1cccc(OC)c1C(=O)C(=C)C. The molecule has 0 aliphatic rings. The molecule has 1 aromatic carbocycles. The van der Waals surface area contributed by atoms with Crippen molar-refractivity contribution < 1.29 is 9.53 Å². The zero-order chi connectivity index (χ0) is 13.7. The van der Waals surface area contributed by atoms with Crippen molar-refractivity contribution in [2.45, 2.75) is 6.92 Å². The van der Waals surface area contributed by atoms with Gasteiger partial charge in [-0.3, -0.25) is 4.79 Å². The van der Waals surface area contributed by atoms with E-state index >= 15 is 0 Å². The standard InChI is InChI=1S/C13H15N3O2/c1-9(2)13(17)12-10(16(14-3)15-4)7-6-8-11(12)18-5/h6-8H,1,3-4H2,2,5H3. The van der Waals surface area contributed by atoms with E-state index in [1.807, 2.05) is 0 Å². The molecule has 0 amide bonds. The van der Waals surface area contributed by atoms with Gasteiger partial charge in [0.2, 0.25) is 0 Å². The third-order valence-electron chi connectivity index (χ3n) is 2.32. The van der Waals surface area contributed by atoms with Crippen LogP contribution in [0.2, 0.25) is 0 Å². The van der Waals surface area contributed by atoms with E-state index in [9.17, 15) is 4.79 Å². The summed E-state index contributed by atoms with van der Waals surface area (Å²) in [6, 6.07) is 5.10. The summed E-state index contributed by atoms with van der Waals surface area (Å²) in [7, 11) is 1.49. The Bertz CT molecular complexity index is 501. The summed E-state index contributed by atoms with van der Waals surface area (Å²) in [5.41, 5.74) is 1.19. The molecule has 0 bridgehead atoms. The van der Waals surface area contributed by atoms with Crippen LogP contribution in [0.3, 0.4) is 0 Å². The van der Waals surface area contributed by atoms with Gasteiger partial charge in [-0.05, 0) is 24.6 Å². The molecule has 0 saturated heterocycles. The normalized spacial score (nSPS) is 9.44. The highest BCUT2D eigenvalue weighted by Crippen LogP contribution is 2.31. The second-order valence-corrected chi connectivity index (χ2v) is 3.54. The first-order valence-corrected chi connectivity index (χ1v) is 5.17. The van der Waals surface area contributed by atoms with Crippen LogP contribution in [0.5, 0.6) is 5.75 Å². The number of hydrazone groups is 2. The fourth-order valence-corrected chi connectivity index (χ4v) is 1.50. The zero-order valence-electron chi connectivity index (χ0n) is 10.5. The highest BCUT2D eigenvalue weighted by atomic mass is 16.5. The minimum absolute atomic E-state index is 0.236. The van der Waals surface area contributed by atoms with Crippen molar-refractivity contribution >= 4 is 24.9 Å². The summed E-state index contributed by atoms with van der Waals surface area (Å²) in [6.45, 7) is 12.0. The first-order valence-electron chi connectivity index (χ1n) is 5.17. The molecular formula is C13H15N3O2. The van der Waals surface area contributed by atoms with Crippen molar-refractivity contribution in [2.75, 3.05) is 12.2 Å². The number of Topliss-reactive ketones (excluding diaryl/α,β-unsaturated/α-hetero) is 1. The lowest BCUT2D eigenvalue weighted by molar-refractivity contribution is 0.103. The Balaban J connectivity index is 3.51. The molecule has 0 spiro atoms. The number of allylic oxidation sites excluding steroid dienone is 1. The van der Waals surface area contributed by atoms with E-state index in [0.717, 1.165) is 0 Å². The highest BCUT2D eigenvalue weighted by Gasteiger charge is 2.20. The Morgan fingerprint density at radius 3 is 2.39 bits per heavy atom. The number of nitrogens with zero attached hydrogens (tertiary/aromatic N) is 3. The number of hydrogen-bond acceptors (Lipinski definition) is 5. The van der Waals surface area contributed by atoms with Crippen LogP contribution in [0.25, 0.3) is 0 Å². The summed E-state index contributed by atoms with van der Waals surface area (Å²) >= 11 is 0. The first-order chi connectivity index (χ1) is 8.56. The Hall–Kier alpha value is -2.43. The van der Waals surface area contributed by atoms with E-state index in [-0.39, 0.29) is 5.78 Å². The quantitative estimate of drug-likeness (QED) is 0.335. The van der Waals surface area contributed by atoms with Crippen molar-refractivity contribution in [1.82, 2.24) is 0 Å². The Morgan fingerprint density at radius 2 is 1.94 bits per heavy atom. The predicted octanol–water partition coefficient (Wildman–Crippen LogP) is 2.49. The molecule has 0 aliphatic carbocycles. The number of carbonyl (C=O) groups is 1. The van der Waals surface area contributed by atoms with Gasteiger partial charge >= 0.3 is 0 Å². The number of rotatable bonds is 6. The van der Waals surface area contributed by atoms with Gasteiger partial charge in [0.05, 0.1) is 12.7 Å². The number of ether oxygens (including phenoxy) is 1. The molecule has 0 unspecified atom stereocenters. The van der Waals surface area contributed by atoms with Crippen molar-refractivity contribution in [3.63, 3.8) is 0 Å². The van der Waals surface area contributed by atoms with Crippen LogP contribution < -0.4 is 9.85 Å². The fourth-order valence-electron chi connectivity index (χ4n) is 1.50. The fraction of sp³-hybridized carbons (Fsp3) is 0.154. The highest BCUT2D eigenvalue weighted by molar-refractivity contribution is 6.13. The van der Waals surface area contributed by atoms with Gasteiger partial charge in [-0.25, -0.2) is 0 Å². The lowest BCUT2D eigenvalue weighted by atomic mass is 10.0. The second kappa shape index (κ2) is 5.77. The molecule has 0 atom stereocenters. The minimum atomic E-state index is -0.236. The maximum absolute atomic E-state index is 12.2. The van der Waals surface area contributed by atoms with Gasteiger partial charge < -0.3 is 4.74 Å². The molecule has 0 heterocycles. The van der Waals surface area contributed by atoms with E-state index in [0.29, 0.717) is 22.6 Å². The maximum Gasteiger partial charge on any atom is 0.194 e. The number of carbonyl (C=O) groups excluding carboxylic acids is 1. The molecule has 0 saturated carbocycles. The molecule has 0 fully saturated rings. The van der Waals surface area contributed by atoms with Crippen molar-refractivity contribution in [2.24, 2.45) is 10.2 Å². The van der Waals surface area contributed by atoms with E-state index in [1.54, 1.807) is 25.1 Å². The molecule has 0 aromatic heterocycles. The smallest absolute Gasteiger partial charge is 0.194 e.